The minimum absolute atomic E-state index is 0.00216. The Hall–Kier alpha value is -10.8. The monoisotopic (exact) mass is 1470 g/mol. The SMILES string of the molecule is CSCC[C@H](NC(=O)[C@H](CC(C)C)NC(=O)CNC(=O)[C@H](Cc1ccccc1)NC(=O)[C@H](Cc1ccccc1)NC(=O)[C@H](CCC(N)=O)NC(=O)[C@H](CCC(N)=O)NC(=O)[C@@H]1CCCN1C(=O)[C@H](Cc1ccc(C(=O)c2ccccc2)cc1)NC(=O)[C@@H]1CCCN1C(=O)[C@@H](N)CCCN=C(N)N)C(N)=O. The van der Waals surface area contributed by atoms with E-state index >= 15 is 4.79 Å². The molecule has 2 fully saturated rings. The molecule has 2 heterocycles. The molecule has 2 saturated heterocycles. The predicted molar refractivity (Wildman–Crippen MR) is 393 cm³/mol. The second kappa shape index (κ2) is 42.1. The van der Waals surface area contributed by atoms with E-state index in [1.54, 1.807) is 115 Å². The van der Waals surface area contributed by atoms with Gasteiger partial charge in [0.2, 0.25) is 76.8 Å². The third kappa shape index (κ3) is 27.1. The van der Waals surface area contributed by atoms with Crippen LogP contribution in [0, 0.1) is 5.92 Å². The molecule has 10 atom stereocenters. The van der Waals surface area contributed by atoms with Crippen LogP contribution >= 0.6 is 11.8 Å². The molecular formula is C73H99N17O14S. The van der Waals surface area contributed by atoms with E-state index in [0.717, 1.165) is 0 Å². The van der Waals surface area contributed by atoms with Gasteiger partial charge < -0.3 is 86.7 Å². The van der Waals surface area contributed by atoms with Crippen LogP contribution in [-0.4, -0.2) is 197 Å². The van der Waals surface area contributed by atoms with E-state index in [1.807, 2.05) is 20.1 Å². The van der Waals surface area contributed by atoms with Crippen molar-refractivity contribution >= 4 is 100 Å². The first-order chi connectivity index (χ1) is 50.1. The van der Waals surface area contributed by atoms with Crippen LogP contribution < -0.4 is 76.9 Å². The molecule has 0 aromatic heterocycles. The van der Waals surface area contributed by atoms with E-state index in [-0.39, 0.29) is 95.1 Å². The molecular weight excluding hydrogens is 1370 g/mol. The zero-order valence-electron chi connectivity index (χ0n) is 59.4. The summed E-state index contributed by atoms with van der Waals surface area (Å²) in [6.07, 6.45) is 1.47. The highest BCUT2D eigenvalue weighted by Gasteiger charge is 2.43. The van der Waals surface area contributed by atoms with E-state index in [1.165, 1.54) is 21.6 Å². The molecule has 105 heavy (non-hydrogen) atoms. The quantitative estimate of drug-likeness (QED) is 0.0105. The minimum atomic E-state index is -1.68. The lowest BCUT2D eigenvalue weighted by Crippen LogP contribution is -2.60. The Morgan fingerprint density at radius 3 is 1.43 bits per heavy atom. The Balaban J connectivity index is 1.22. The lowest BCUT2D eigenvalue weighted by Gasteiger charge is -2.32. The number of amides is 13. The first-order valence-corrected chi connectivity index (χ1v) is 36.4. The fraction of sp³-hybridized carbons (Fsp3) is 0.466. The molecule has 566 valence electrons. The van der Waals surface area contributed by atoms with Crippen molar-refractivity contribution in [3.8, 4) is 0 Å². The molecule has 2 aliphatic heterocycles. The number of guanidine groups is 1. The van der Waals surface area contributed by atoms with Gasteiger partial charge in [0.25, 0.3) is 0 Å². The number of aliphatic imine (C=N–C) groups is 1. The van der Waals surface area contributed by atoms with Crippen LogP contribution in [0.3, 0.4) is 0 Å². The molecule has 0 saturated carbocycles. The number of primary amides is 3. The summed E-state index contributed by atoms with van der Waals surface area (Å²) in [6.45, 7) is 3.40. The van der Waals surface area contributed by atoms with Gasteiger partial charge in [-0.05, 0) is 98.8 Å². The number of nitrogens with two attached hydrogens (primary N) is 6. The number of nitrogens with zero attached hydrogens (tertiary/aromatic N) is 3. The van der Waals surface area contributed by atoms with E-state index in [0.29, 0.717) is 46.4 Å². The number of hydrogen-bond donors (Lipinski definition) is 14. The second-order valence-corrected chi connectivity index (χ2v) is 27.4. The Bertz CT molecular complexity index is 3700. The van der Waals surface area contributed by atoms with Crippen molar-refractivity contribution in [3.05, 3.63) is 143 Å². The zero-order chi connectivity index (χ0) is 76.7. The maximum atomic E-state index is 15.1. The molecule has 20 N–H and O–H groups in total. The largest absolute Gasteiger partial charge is 0.370 e. The average Bonchev–Trinajstić information content (AvgIpc) is 1.76. The van der Waals surface area contributed by atoms with Crippen molar-refractivity contribution in [2.45, 2.75) is 171 Å². The van der Waals surface area contributed by atoms with Crippen molar-refractivity contribution < 1.29 is 67.1 Å². The summed E-state index contributed by atoms with van der Waals surface area (Å²) in [4.78, 5) is 201. The number of nitrogens with one attached hydrogen (secondary N) is 8. The van der Waals surface area contributed by atoms with Crippen LogP contribution in [0.5, 0.6) is 0 Å². The molecule has 0 aliphatic carbocycles. The number of thioether (sulfide) groups is 1. The highest BCUT2D eigenvalue weighted by atomic mass is 32.2. The van der Waals surface area contributed by atoms with Gasteiger partial charge in [-0.15, -0.1) is 0 Å². The Kier molecular flexibility index (Phi) is 33.4. The Morgan fingerprint density at radius 2 is 0.924 bits per heavy atom. The van der Waals surface area contributed by atoms with Gasteiger partial charge in [-0.2, -0.15) is 11.8 Å². The molecule has 4 aromatic carbocycles. The van der Waals surface area contributed by atoms with E-state index in [9.17, 15) is 62.3 Å². The molecule has 13 amide bonds. The van der Waals surface area contributed by atoms with Crippen LogP contribution in [0.25, 0.3) is 0 Å². The topological polar surface area (TPSA) is 510 Å². The summed E-state index contributed by atoms with van der Waals surface area (Å²) in [5.41, 5.74) is 36.4. The summed E-state index contributed by atoms with van der Waals surface area (Å²) in [6, 6.07) is 18.9. The molecule has 2 aliphatic rings. The standard InChI is InChI=1S/C73H99N17O14S/c1-43(2)38-53(67(99)83-50(63(77)95)33-37-105-3)82-61(93)42-81-64(96)54(39-44-16-7-4-8-17-44)86-68(100)55(40-45-18-9-5-10-19-45)87-66(98)51(29-31-59(75)91)84-65(97)52(30-32-60(76)92)85-69(101)58-24-15-36-90(58)72(104)56(41-46-25-27-48(28-26-46)62(94)47-20-11-6-12-21-47)88-70(102)57-23-14-35-89(57)71(103)49(74)22-13-34-80-73(78)79/h4-12,16-21,25-28,43,49-58H,13-15,22-24,29-42,74H2,1-3H3,(H2,75,91)(H2,76,92)(H2,77,95)(H,81,96)(H,82,93)(H,83,99)(H,84,97)(H,85,101)(H,86,100)(H,87,98)(H,88,102)(H4,78,79,80)/t49-,50-,51-,52-,53-,54-,55-,56-,57-,58-/m0/s1. The molecule has 0 unspecified atom stereocenters. The Morgan fingerprint density at radius 1 is 0.486 bits per heavy atom. The zero-order valence-corrected chi connectivity index (χ0v) is 60.2. The van der Waals surface area contributed by atoms with E-state index in [2.05, 4.69) is 47.5 Å². The van der Waals surface area contributed by atoms with Gasteiger partial charge in [-0.1, -0.05) is 129 Å². The van der Waals surface area contributed by atoms with Crippen molar-refractivity contribution in [3.63, 3.8) is 0 Å². The summed E-state index contributed by atoms with van der Waals surface area (Å²) in [7, 11) is 0. The molecule has 4 aromatic rings. The van der Waals surface area contributed by atoms with Crippen molar-refractivity contribution in [1.82, 2.24) is 52.3 Å². The first kappa shape index (κ1) is 83.2. The lowest BCUT2D eigenvalue weighted by molar-refractivity contribution is -0.144. The second-order valence-electron chi connectivity index (χ2n) is 26.4. The molecule has 0 radical (unpaired) electrons. The molecule has 31 nitrogen and oxygen atoms in total. The van der Waals surface area contributed by atoms with Gasteiger partial charge in [0.15, 0.2) is 11.7 Å². The smallest absolute Gasteiger partial charge is 0.246 e. The van der Waals surface area contributed by atoms with Gasteiger partial charge in [0.05, 0.1) is 12.6 Å². The predicted octanol–water partition coefficient (Wildman–Crippen LogP) is -1.37. The number of rotatable bonds is 42. The number of ketones is 1. The van der Waals surface area contributed by atoms with Crippen LogP contribution in [0.15, 0.2) is 120 Å². The number of hydrogen-bond acceptors (Lipinski definition) is 17. The summed E-state index contributed by atoms with van der Waals surface area (Å²) < 4.78 is 0. The molecule has 32 heteroatoms. The number of benzene rings is 4. The van der Waals surface area contributed by atoms with Gasteiger partial charge in [0, 0.05) is 62.9 Å². The Labute approximate surface area is 614 Å². The van der Waals surface area contributed by atoms with Crippen molar-refractivity contribution in [1.29, 1.82) is 0 Å². The fourth-order valence-electron chi connectivity index (χ4n) is 12.3. The molecule has 0 bridgehead atoms. The van der Waals surface area contributed by atoms with Gasteiger partial charge in [-0.3, -0.25) is 72.1 Å². The van der Waals surface area contributed by atoms with Crippen LogP contribution in [-0.2, 0) is 81.6 Å². The maximum Gasteiger partial charge on any atom is 0.246 e. The highest BCUT2D eigenvalue weighted by molar-refractivity contribution is 7.98. The normalized spacial score (nSPS) is 16.2. The first-order valence-electron chi connectivity index (χ1n) is 35.0. The molecule has 0 spiro atoms. The van der Waals surface area contributed by atoms with E-state index in [4.69, 9.17) is 34.4 Å². The van der Waals surface area contributed by atoms with Crippen LogP contribution in [0.2, 0.25) is 0 Å². The highest BCUT2D eigenvalue weighted by Crippen LogP contribution is 2.24. The van der Waals surface area contributed by atoms with Gasteiger partial charge in [0.1, 0.15) is 54.4 Å². The summed E-state index contributed by atoms with van der Waals surface area (Å²) in [5, 5.41) is 21.2. The minimum Gasteiger partial charge on any atom is -0.370 e. The van der Waals surface area contributed by atoms with Crippen LogP contribution in [0.1, 0.15) is 124 Å². The summed E-state index contributed by atoms with van der Waals surface area (Å²) in [5.74, 6) is -10.5. The van der Waals surface area contributed by atoms with Crippen LogP contribution in [0.4, 0.5) is 0 Å². The van der Waals surface area contributed by atoms with Crippen molar-refractivity contribution in [2.24, 2.45) is 45.3 Å². The molecule has 6 rings (SSSR count). The number of carbonyl (C=O) groups excluding carboxylic acids is 14. The third-order valence-corrected chi connectivity index (χ3v) is 18.4. The number of carbonyl (C=O) groups is 14. The summed E-state index contributed by atoms with van der Waals surface area (Å²) >= 11 is 1.45. The fourth-order valence-corrected chi connectivity index (χ4v) is 12.7. The lowest BCUT2D eigenvalue weighted by atomic mass is 9.98. The average molecular weight is 1470 g/mol. The van der Waals surface area contributed by atoms with Gasteiger partial charge >= 0.3 is 0 Å². The number of likely N-dealkylation sites (tertiary alicyclic amines) is 2. The van der Waals surface area contributed by atoms with Gasteiger partial charge in [-0.25, -0.2) is 0 Å². The van der Waals surface area contributed by atoms with E-state index < -0.39 is 169 Å². The maximum absolute atomic E-state index is 15.1. The third-order valence-electron chi connectivity index (χ3n) is 17.8. The van der Waals surface area contributed by atoms with Crippen molar-refractivity contribution in [2.75, 3.05) is 38.2 Å².